The summed E-state index contributed by atoms with van der Waals surface area (Å²) in [5.41, 5.74) is 1.17. The molecular weight excluding hydrogens is 206 g/mol. The largest absolute Gasteiger partial charge is 0.392 e. The zero-order valence-electron chi connectivity index (χ0n) is 12.5. The van der Waals surface area contributed by atoms with Gasteiger partial charge in [-0.25, -0.2) is 0 Å². The Labute approximate surface area is 109 Å². The van der Waals surface area contributed by atoms with Crippen molar-refractivity contribution in [2.45, 2.75) is 72.1 Å². The maximum Gasteiger partial charge on any atom is 0.00310 e. The van der Waals surface area contributed by atoms with Crippen LogP contribution in [0.3, 0.4) is 0 Å². The molecule has 2 atom stereocenters. The van der Waals surface area contributed by atoms with Gasteiger partial charge in [-0.2, -0.15) is 0 Å². The first-order valence-corrected chi connectivity index (χ1v) is 7.45. The van der Waals surface area contributed by atoms with Crippen LogP contribution < -0.4 is 5.32 Å². The molecule has 0 saturated carbocycles. The molecule has 102 valence electrons. The number of hydrogen-bond acceptors (Lipinski definition) is 1. The van der Waals surface area contributed by atoms with Gasteiger partial charge in [-0.3, -0.25) is 0 Å². The van der Waals surface area contributed by atoms with Crippen LogP contribution in [0.1, 0.15) is 72.1 Å². The lowest BCUT2D eigenvalue weighted by atomic mass is 9.93. The van der Waals surface area contributed by atoms with Gasteiger partial charge in [-0.1, -0.05) is 65.9 Å². The maximum atomic E-state index is 3.96. The number of hydrogen-bond donors (Lipinski definition) is 1. The van der Waals surface area contributed by atoms with E-state index < -0.39 is 0 Å². The summed E-state index contributed by atoms with van der Waals surface area (Å²) in [6, 6.07) is 0. The molecule has 1 heteroatoms. The minimum absolute atomic E-state index is 0.883. The van der Waals surface area contributed by atoms with Gasteiger partial charge in [0.25, 0.3) is 0 Å². The molecule has 0 aromatic rings. The fourth-order valence-electron chi connectivity index (χ4n) is 2.39. The topological polar surface area (TPSA) is 12.0 Å². The summed E-state index contributed by atoms with van der Waals surface area (Å²) in [5.74, 6) is 1.81. The molecule has 0 heterocycles. The minimum Gasteiger partial charge on any atom is -0.392 e. The fourth-order valence-corrected chi connectivity index (χ4v) is 2.39. The number of rotatable bonds is 11. The third-order valence-corrected chi connectivity index (χ3v) is 3.70. The minimum atomic E-state index is 0.883. The summed E-state index contributed by atoms with van der Waals surface area (Å²) >= 11 is 0. The molecule has 0 spiro atoms. The molecular formula is C16H33N. The SMILES string of the molecule is C=C(CCCC(C)CCCC(C)CCC)NC. The molecule has 0 rings (SSSR count). The van der Waals surface area contributed by atoms with Crippen molar-refractivity contribution in [1.82, 2.24) is 5.32 Å². The molecule has 0 aliphatic heterocycles. The zero-order valence-corrected chi connectivity index (χ0v) is 12.5. The predicted octanol–water partition coefficient (Wildman–Crippen LogP) is 5.13. The lowest BCUT2D eigenvalue weighted by Crippen LogP contribution is -2.05. The Morgan fingerprint density at radius 3 is 2.06 bits per heavy atom. The molecule has 0 bridgehead atoms. The summed E-state index contributed by atoms with van der Waals surface area (Å²) in [4.78, 5) is 0. The first kappa shape index (κ1) is 16.5. The lowest BCUT2D eigenvalue weighted by molar-refractivity contribution is 0.403. The average Bonchev–Trinajstić information content (AvgIpc) is 2.29. The van der Waals surface area contributed by atoms with Gasteiger partial charge >= 0.3 is 0 Å². The van der Waals surface area contributed by atoms with Crippen LogP contribution in [0.25, 0.3) is 0 Å². The van der Waals surface area contributed by atoms with Crippen LogP contribution in [0.2, 0.25) is 0 Å². The molecule has 1 N–H and O–H groups in total. The Morgan fingerprint density at radius 2 is 1.53 bits per heavy atom. The van der Waals surface area contributed by atoms with Gasteiger partial charge in [0.2, 0.25) is 0 Å². The van der Waals surface area contributed by atoms with Crippen LogP contribution in [0, 0.1) is 11.8 Å². The summed E-state index contributed by atoms with van der Waals surface area (Å²) in [7, 11) is 1.96. The first-order valence-electron chi connectivity index (χ1n) is 7.45. The number of nitrogens with one attached hydrogen (secondary N) is 1. The van der Waals surface area contributed by atoms with E-state index in [1.54, 1.807) is 0 Å². The Kier molecular flexibility index (Phi) is 10.4. The Bertz CT molecular complexity index is 186. The highest BCUT2D eigenvalue weighted by Gasteiger charge is 2.05. The van der Waals surface area contributed by atoms with E-state index in [1.165, 1.54) is 50.6 Å². The quantitative estimate of drug-likeness (QED) is 0.527. The molecule has 0 fully saturated rings. The molecule has 1 nitrogen and oxygen atoms in total. The van der Waals surface area contributed by atoms with Crippen molar-refractivity contribution in [3.63, 3.8) is 0 Å². The third kappa shape index (κ3) is 10.4. The van der Waals surface area contributed by atoms with Crippen molar-refractivity contribution in [2.75, 3.05) is 7.05 Å². The zero-order chi connectivity index (χ0) is 13.1. The van der Waals surface area contributed by atoms with E-state index in [0.29, 0.717) is 0 Å². The van der Waals surface area contributed by atoms with E-state index in [0.717, 1.165) is 18.3 Å². The Balaban J connectivity index is 3.40. The molecule has 0 aliphatic carbocycles. The van der Waals surface area contributed by atoms with Crippen LogP contribution in [0.5, 0.6) is 0 Å². The van der Waals surface area contributed by atoms with Crippen LogP contribution in [0.15, 0.2) is 12.3 Å². The smallest absolute Gasteiger partial charge is 0.00310 e. The monoisotopic (exact) mass is 239 g/mol. The van der Waals surface area contributed by atoms with Gasteiger partial charge in [-0.05, 0) is 24.7 Å². The van der Waals surface area contributed by atoms with Crippen molar-refractivity contribution >= 4 is 0 Å². The highest BCUT2D eigenvalue weighted by molar-refractivity contribution is 4.88. The highest BCUT2D eigenvalue weighted by Crippen LogP contribution is 2.20. The average molecular weight is 239 g/mol. The summed E-state index contributed by atoms with van der Waals surface area (Å²) < 4.78 is 0. The van der Waals surface area contributed by atoms with Crippen LogP contribution in [-0.2, 0) is 0 Å². The first-order chi connectivity index (χ1) is 8.10. The lowest BCUT2D eigenvalue weighted by Gasteiger charge is -2.14. The van der Waals surface area contributed by atoms with Gasteiger partial charge in [0.1, 0.15) is 0 Å². The van der Waals surface area contributed by atoms with E-state index in [2.05, 4.69) is 32.7 Å². The second kappa shape index (κ2) is 10.7. The van der Waals surface area contributed by atoms with Crippen molar-refractivity contribution in [2.24, 2.45) is 11.8 Å². The van der Waals surface area contributed by atoms with Gasteiger partial charge < -0.3 is 5.32 Å². The number of allylic oxidation sites excluding steroid dienone is 1. The van der Waals surface area contributed by atoms with Crippen molar-refractivity contribution in [3.8, 4) is 0 Å². The fraction of sp³-hybridized carbons (Fsp3) is 0.875. The third-order valence-electron chi connectivity index (χ3n) is 3.70. The summed E-state index contributed by atoms with van der Waals surface area (Å²) in [6.45, 7) is 11.0. The normalized spacial score (nSPS) is 14.4. The van der Waals surface area contributed by atoms with E-state index in [-0.39, 0.29) is 0 Å². The maximum absolute atomic E-state index is 3.96. The molecule has 0 aromatic heterocycles. The van der Waals surface area contributed by atoms with Gasteiger partial charge in [0.15, 0.2) is 0 Å². The van der Waals surface area contributed by atoms with E-state index in [4.69, 9.17) is 0 Å². The highest BCUT2D eigenvalue weighted by atomic mass is 14.8. The Hall–Kier alpha value is -0.460. The second-order valence-corrected chi connectivity index (χ2v) is 5.68. The van der Waals surface area contributed by atoms with E-state index in [1.807, 2.05) is 7.05 Å². The standard InChI is InChI=1S/C16H33N/c1-6-9-14(2)10-7-11-15(3)12-8-13-16(4)17-5/h14-15,17H,4,6-13H2,1-3,5H3. The second-order valence-electron chi connectivity index (χ2n) is 5.68. The van der Waals surface area contributed by atoms with Crippen molar-refractivity contribution in [1.29, 1.82) is 0 Å². The van der Waals surface area contributed by atoms with Crippen LogP contribution in [0.4, 0.5) is 0 Å². The van der Waals surface area contributed by atoms with Gasteiger partial charge in [-0.15, -0.1) is 0 Å². The van der Waals surface area contributed by atoms with Crippen molar-refractivity contribution in [3.05, 3.63) is 12.3 Å². The van der Waals surface area contributed by atoms with Crippen molar-refractivity contribution < 1.29 is 0 Å². The molecule has 0 aromatic carbocycles. The Morgan fingerprint density at radius 1 is 1.00 bits per heavy atom. The van der Waals surface area contributed by atoms with Gasteiger partial charge in [0.05, 0.1) is 0 Å². The van der Waals surface area contributed by atoms with Crippen LogP contribution >= 0.6 is 0 Å². The molecule has 0 saturated heterocycles. The summed E-state index contributed by atoms with van der Waals surface area (Å²) in [5, 5.41) is 3.12. The van der Waals surface area contributed by atoms with Gasteiger partial charge in [0, 0.05) is 12.7 Å². The molecule has 0 aliphatic rings. The van der Waals surface area contributed by atoms with Crippen LogP contribution in [-0.4, -0.2) is 7.05 Å². The summed E-state index contributed by atoms with van der Waals surface area (Å²) in [6.07, 6.45) is 10.7. The molecule has 0 radical (unpaired) electrons. The molecule has 2 unspecified atom stereocenters. The molecule has 0 amide bonds. The predicted molar refractivity (Wildman–Crippen MR) is 79.1 cm³/mol. The molecule has 17 heavy (non-hydrogen) atoms. The van der Waals surface area contributed by atoms with E-state index in [9.17, 15) is 0 Å². The van der Waals surface area contributed by atoms with E-state index >= 15 is 0 Å².